The highest BCUT2D eigenvalue weighted by Gasteiger charge is 2.21. The number of amides is 1. The summed E-state index contributed by atoms with van der Waals surface area (Å²) >= 11 is 0. The Balaban J connectivity index is 1.33. The van der Waals surface area contributed by atoms with Gasteiger partial charge in [-0.3, -0.25) is 14.6 Å². The number of nitrogens with zero attached hydrogens (tertiary/aromatic N) is 2. The molecule has 1 amide bonds. The molecule has 0 bridgehead atoms. The monoisotopic (exact) mass is 327 g/mol. The van der Waals surface area contributed by atoms with Gasteiger partial charge in [-0.05, 0) is 18.4 Å². The first-order valence-corrected chi connectivity index (χ1v) is 9.25. The quantitative estimate of drug-likeness (QED) is 0.871. The van der Waals surface area contributed by atoms with Crippen molar-refractivity contribution in [3.63, 3.8) is 0 Å². The van der Waals surface area contributed by atoms with Crippen molar-refractivity contribution >= 4 is 12.0 Å². The molecule has 24 heavy (non-hydrogen) atoms. The lowest BCUT2D eigenvalue weighted by Crippen LogP contribution is -2.50. The van der Waals surface area contributed by atoms with Crippen LogP contribution in [0.2, 0.25) is 0 Å². The second-order valence-electron chi connectivity index (χ2n) is 6.94. The highest BCUT2D eigenvalue weighted by atomic mass is 16.2. The highest BCUT2D eigenvalue weighted by molar-refractivity contribution is 5.78. The predicted octanol–water partition coefficient (Wildman–Crippen LogP) is 2.38. The Bertz CT molecular complexity index is 529. The second-order valence-corrected chi connectivity index (χ2v) is 6.94. The molecule has 2 fully saturated rings. The van der Waals surface area contributed by atoms with Crippen molar-refractivity contribution in [1.29, 1.82) is 0 Å². The van der Waals surface area contributed by atoms with Gasteiger partial charge in [0.1, 0.15) is 0 Å². The number of hydrogen-bond donors (Lipinski definition) is 1. The van der Waals surface area contributed by atoms with Gasteiger partial charge in [0.25, 0.3) is 0 Å². The number of nitrogens with one attached hydrogen (secondary N) is 1. The molecule has 1 N–H and O–H groups in total. The zero-order valence-electron chi connectivity index (χ0n) is 14.5. The molecule has 1 aliphatic carbocycles. The third-order valence-electron chi connectivity index (χ3n) is 5.03. The minimum Gasteiger partial charge on any atom is -0.352 e. The number of rotatable bonds is 6. The van der Waals surface area contributed by atoms with Crippen LogP contribution in [0.25, 0.3) is 6.08 Å². The largest absolute Gasteiger partial charge is 0.352 e. The average Bonchev–Trinajstić information content (AvgIpc) is 3.10. The van der Waals surface area contributed by atoms with E-state index >= 15 is 0 Å². The summed E-state index contributed by atoms with van der Waals surface area (Å²) in [6, 6.07) is 10.8. The standard InChI is InChI=1S/C20H29N3O/c24-20(21-19-10-4-5-11-19)17-23-15-13-22(14-16-23)12-6-9-18-7-2-1-3-8-18/h1-3,6-9,19H,4-5,10-17H2,(H,21,24). The fourth-order valence-corrected chi connectivity index (χ4v) is 3.58. The first-order chi connectivity index (χ1) is 11.8. The molecule has 1 saturated heterocycles. The number of carbonyl (C=O) groups is 1. The summed E-state index contributed by atoms with van der Waals surface area (Å²) in [4.78, 5) is 16.8. The molecule has 130 valence electrons. The van der Waals surface area contributed by atoms with Gasteiger partial charge in [-0.15, -0.1) is 0 Å². The normalized spacial score (nSPS) is 20.7. The van der Waals surface area contributed by atoms with Crippen LogP contribution in [0.1, 0.15) is 31.2 Å². The van der Waals surface area contributed by atoms with E-state index in [9.17, 15) is 4.79 Å². The average molecular weight is 327 g/mol. The van der Waals surface area contributed by atoms with Gasteiger partial charge >= 0.3 is 0 Å². The molecule has 1 aromatic rings. The minimum absolute atomic E-state index is 0.208. The maximum atomic E-state index is 12.1. The van der Waals surface area contributed by atoms with Crippen LogP contribution in [0.3, 0.4) is 0 Å². The molecule has 1 aliphatic heterocycles. The van der Waals surface area contributed by atoms with Gasteiger partial charge in [0.2, 0.25) is 5.91 Å². The lowest BCUT2D eigenvalue weighted by molar-refractivity contribution is -0.123. The lowest BCUT2D eigenvalue weighted by Gasteiger charge is -2.33. The van der Waals surface area contributed by atoms with Crippen LogP contribution in [0.15, 0.2) is 36.4 Å². The van der Waals surface area contributed by atoms with Crippen molar-refractivity contribution < 1.29 is 4.79 Å². The Labute approximate surface area is 145 Å². The molecule has 4 heteroatoms. The van der Waals surface area contributed by atoms with Gasteiger partial charge in [-0.2, -0.15) is 0 Å². The van der Waals surface area contributed by atoms with Crippen molar-refractivity contribution in [3.05, 3.63) is 42.0 Å². The van der Waals surface area contributed by atoms with Crippen LogP contribution in [-0.4, -0.2) is 61.0 Å². The van der Waals surface area contributed by atoms with E-state index < -0.39 is 0 Å². The molecule has 3 rings (SSSR count). The SMILES string of the molecule is O=C(CN1CCN(CC=Cc2ccccc2)CC1)NC1CCCC1. The van der Waals surface area contributed by atoms with Gasteiger partial charge in [0.05, 0.1) is 6.54 Å². The van der Waals surface area contributed by atoms with E-state index in [0.29, 0.717) is 12.6 Å². The topological polar surface area (TPSA) is 35.6 Å². The molecule has 0 aromatic heterocycles. The summed E-state index contributed by atoms with van der Waals surface area (Å²) in [5, 5.41) is 3.18. The molecule has 1 aromatic carbocycles. The molecule has 0 radical (unpaired) electrons. The summed E-state index contributed by atoms with van der Waals surface area (Å²) < 4.78 is 0. The van der Waals surface area contributed by atoms with E-state index in [0.717, 1.165) is 45.6 Å². The van der Waals surface area contributed by atoms with Crippen molar-refractivity contribution in [3.8, 4) is 0 Å². The van der Waals surface area contributed by atoms with Crippen molar-refractivity contribution in [2.45, 2.75) is 31.7 Å². The van der Waals surface area contributed by atoms with E-state index in [4.69, 9.17) is 0 Å². The molecule has 2 aliphatic rings. The Hall–Kier alpha value is -1.65. The summed E-state index contributed by atoms with van der Waals surface area (Å²) in [5.41, 5.74) is 1.25. The van der Waals surface area contributed by atoms with Gasteiger partial charge in [0.15, 0.2) is 0 Å². The summed E-state index contributed by atoms with van der Waals surface area (Å²) in [6.45, 7) is 5.58. The smallest absolute Gasteiger partial charge is 0.234 e. The number of hydrogen-bond acceptors (Lipinski definition) is 3. The van der Waals surface area contributed by atoms with E-state index in [2.05, 4.69) is 51.5 Å². The fraction of sp³-hybridized carbons (Fsp3) is 0.550. The first-order valence-electron chi connectivity index (χ1n) is 9.25. The van der Waals surface area contributed by atoms with Crippen LogP contribution in [0.5, 0.6) is 0 Å². The lowest BCUT2D eigenvalue weighted by atomic mass is 10.2. The molecule has 1 saturated carbocycles. The van der Waals surface area contributed by atoms with Crippen LogP contribution in [0.4, 0.5) is 0 Å². The molecular weight excluding hydrogens is 298 g/mol. The first kappa shape index (κ1) is 17.2. The van der Waals surface area contributed by atoms with Crippen LogP contribution in [-0.2, 0) is 4.79 Å². The van der Waals surface area contributed by atoms with E-state index in [1.165, 1.54) is 18.4 Å². The Morgan fingerprint density at radius 2 is 1.71 bits per heavy atom. The highest BCUT2D eigenvalue weighted by Crippen LogP contribution is 2.17. The third-order valence-corrected chi connectivity index (χ3v) is 5.03. The van der Waals surface area contributed by atoms with Crippen LogP contribution >= 0.6 is 0 Å². The molecule has 4 nitrogen and oxygen atoms in total. The van der Waals surface area contributed by atoms with E-state index in [-0.39, 0.29) is 5.91 Å². The Morgan fingerprint density at radius 3 is 2.42 bits per heavy atom. The van der Waals surface area contributed by atoms with Crippen molar-refractivity contribution in [2.24, 2.45) is 0 Å². The second kappa shape index (κ2) is 9.00. The number of piperazine rings is 1. The van der Waals surface area contributed by atoms with Crippen molar-refractivity contribution in [1.82, 2.24) is 15.1 Å². The van der Waals surface area contributed by atoms with Gasteiger partial charge in [-0.1, -0.05) is 55.3 Å². The minimum atomic E-state index is 0.208. The number of benzene rings is 1. The molecule has 0 spiro atoms. The summed E-state index contributed by atoms with van der Waals surface area (Å²) in [7, 11) is 0. The van der Waals surface area contributed by atoms with E-state index in [1.54, 1.807) is 0 Å². The maximum Gasteiger partial charge on any atom is 0.234 e. The summed E-state index contributed by atoms with van der Waals surface area (Å²) in [6.07, 6.45) is 9.26. The van der Waals surface area contributed by atoms with Gasteiger partial charge in [-0.25, -0.2) is 0 Å². The van der Waals surface area contributed by atoms with E-state index in [1.807, 2.05) is 6.07 Å². The zero-order valence-corrected chi connectivity index (χ0v) is 14.5. The van der Waals surface area contributed by atoms with Crippen LogP contribution < -0.4 is 5.32 Å². The third kappa shape index (κ3) is 5.46. The van der Waals surface area contributed by atoms with Crippen LogP contribution in [0, 0.1) is 0 Å². The fourth-order valence-electron chi connectivity index (χ4n) is 3.58. The number of carbonyl (C=O) groups excluding carboxylic acids is 1. The summed E-state index contributed by atoms with van der Waals surface area (Å²) in [5.74, 6) is 0.208. The zero-order chi connectivity index (χ0) is 16.6. The molecule has 0 atom stereocenters. The Kier molecular flexibility index (Phi) is 6.44. The molecular formula is C20H29N3O. The predicted molar refractivity (Wildman–Crippen MR) is 98.8 cm³/mol. The van der Waals surface area contributed by atoms with Gasteiger partial charge < -0.3 is 5.32 Å². The maximum absolute atomic E-state index is 12.1. The van der Waals surface area contributed by atoms with Crippen molar-refractivity contribution in [2.75, 3.05) is 39.3 Å². The Morgan fingerprint density at radius 1 is 1.04 bits per heavy atom. The molecule has 1 heterocycles. The molecule has 0 unspecified atom stereocenters. The van der Waals surface area contributed by atoms with Gasteiger partial charge in [0, 0.05) is 38.8 Å².